The zero-order chi connectivity index (χ0) is 14.7. The average Bonchev–Trinajstić information content (AvgIpc) is 2.92. The molecule has 0 aliphatic carbocycles. The Balaban J connectivity index is 2.01. The second-order valence-electron chi connectivity index (χ2n) is 5.25. The van der Waals surface area contributed by atoms with Crippen LogP contribution < -0.4 is 20.5 Å². The Kier molecular flexibility index (Phi) is 4.49. The van der Waals surface area contributed by atoms with Gasteiger partial charge in [0.15, 0.2) is 11.5 Å². The Hall–Kier alpha value is -1.75. The first kappa shape index (κ1) is 14.7. The van der Waals surface area contributed by atoms with E-state index in [1.165, 1.54) is 0 Å². The molecule has 5 heteroatoms. The Labute approximate surface area is 119 Å². The molecule has 0 saturated heterocycles. The summed E-state index contributed by atoms with van der Waals surface area (Å²) in [6.45, 7) is 6.19. The average molecular weight is 278 g/mol. The second-order valence-corrected chi connectivity index (χ2v) is 5.25. The summed E-state index contributed by atoms with van der Waals surface area (Å²) in [5, 5.41) is 2.94. The molecule has 3 N–H and O–H groups in total. The van der Waals surface area contributed by atoms with Gasteiger partial charge in [-0.1, -0.05) is 26.3 Å². The van der Waals surface area contributed by atoms with Crippen LogP contribution in [-0.2, 0) is 4.79 Å². The highest BCUT2D eigenvalue weighted by Crippen LogP contribution is 2.34. The van der Waals surface area contributed by atoms with Crippen LogP contribution in [-0.4, -0.2) is 18.7 Å². The molecule has 0 bridgehead atoms. The quantitative estimate of drug-likeness (QED) is 0.863. The number of nitrogens with one attached hydrogen (secondary N) is 1. The number of amides is 1. The number of hydrogen-bond donors (Lipinski definition) is 2. The van der Waals surface area contributed by atoms with Gasteiger partial charge in [0.2, 0.25) is 12.7 Å². The predicted octanol–water partition coefficient (Wildman–Crippen LogP) is 1.97. The molecule has 3 unspecified atom stereocenters. The van der Waals surface area contributed by atoms with Crippen molar-refractivity contribution in [2.75, 3.05) is 6.79 Å². The van der Waals surface area contributed by atoms with Gasteiger partial charge in [0.1, 0.15) is 0 Å². The first-order valence-corrected chi connectivity index (χ1v) is 6.98. The van der Waals surface area contributed by atoms with Crippen LogP contribution in [0.2, 0.25) is 0 Å². The number of rotatable bonds is 5. The summed E-state index contributed by atoms with van der Waals surface area (Å²) in [6, 6.07) is 5.08. The topological polar surface area (TPSA) is 73.6 Å². The summed E-state index contributed by atoms with van der Waals surface area (Å²) in [7, 11) is 0. The highest BCUT2D eigenvalue weighted by molar-refractivity contribution is 5.82. The van der Waals surface area contributed by atoms with Crippen LogP contribution in [0.3, 0.4) is 0 Å². The van der Waals surface area contributed by atoms with Crippen LogP contribution in [0, 0.1) is 5.92 Å². The molecule has 1 amide bonds. The molecule has 5 nitrogen and oxygen atoms in total. The van der Waals surface area contributed by atoms with Crippen LogP contribution >= 0.6 is 0 Å². The van der Waals surface area contributed by atoms with E-state index in [0.29, 0.717) is 0 Å². The van der Waals surface area contributed by atoms with Crippen molar-refractivity contribution in [2.45, 2.75) is 39.3 Å². The third kappa shape index (κ3) is 3.04. The van der Waals surface area contributed by atoms with Crippen molar-refractivity contribution in [3.05, 3.63) is 23.8 Å². The molecule has 1 aromatic carbocycles. The molecular weight excluding hydrogens is 256 g/mol. The number of carbonyl (C=O) groups excluding carboxylic acids is 1. The summed E-state index contributed by atoms with van der Waals surface area (Å²) in [4.78, 5) is 12.1. The van der Waals surface area contributed by atoms with Gasteiger partial charge in [-0.2, -0.15) is 0 Å². The Morgan fingerprint density at radius 2 is 2.05 bits per heavy atom. The van der Waals surface area contributed by atoms with Gasteiger partial charge in [0.25, 0.3) is 0 Å². The summed E-state index contributed by atoms with van der Waals surface area (Å²) < 4.78 is 10.6. The number of ether oxygens (including phenoxy) is 2. The summed E-state index contributed by atoms with van der Waals surface area (Å²) in [5.74, 6) is 1.50. The van der Waals surface area contributed by atoms with Gasteiger partial charge < -0.3 is 20.5 Å². The smallest absolute Gasteiger partial charge is 0.237 e. The van der Waals surface area contributed by atoms with E-state index in [0.717, 1.165) is 23.5 Å². The number of fused-ring (bicyclic) bond motifs is 1. The highest BCUT2D eigenvalue weighted by Gasteiger charge is 2.22. The van der Waals surface area contributed by atoms with E-state index in [9.17, 15) is 4.79 Å². The third-order valence-corrected chi connectivity index (χ3v) is 3.82. The minimum Gasteiger partial charge on any atom is -0.454 e. The Morgan fingerprint density at radius 3 is 2.75 bits per heavy atom. The largest absolute Gasteiger partial charge is 0.454 e. The molecule has 110 valence electrons. The maximum atomic E-state index is 12.1. The minimum atomic E-state index is -0.475. The van der Waals surface area contributed by atoms with E-state index in [1.54, 1.807) is 0 Å². The zero-order valence-corrected chi connectivity index (χ0v) is 12.2. The lowest BCUT2D eigenvalue weighted by molar-refractivity contribution is -0.124. The summed E-state index contributed by atoms with van der Waals surface area (Å²) in [6.07, 6.45) is 0.882. The molecule has 1 aliphatic rings. The third-order valence-electron chi connectivity index (χ3n) is 3.82. The molecular formula is C15H22N2O3. The Bertz CT molecular complexity index is 490. The van der Waals surface area contributed by atoms with Crippen LogP contribution in [0.15, 0.2) is 18.2 Å². The van der Waals surface area contributed by atoms with E-state index < -0.39 is 6.04 Å². The number of carbonyl (C=O) groups is 1. The molecule has 1 aromatic rings. The van der Waals surface area contributed by atoms with Gasteiger partial charge in [-0.3, -0.25) is 4.79 Å². The van der Waals surface area contributed by atoms with Crippen molar-refractivity contribution < 1.29 is 14.3 Å². The molecule has 0 radical (unpaired) electrons. The lowest BCUT2D eigenvalue weighted by atomic mass is 9.98. The van der Waals surface area contributed by atoms with Crippen LogP contribution in [0.1, 0.15) is 38.8 Å². The molecule has 0 fully saturated rings. The maximum Gasteiger partial charge on any atom is 0.237 e. The Morgan fingerprint density at radius 1 is 1.35 bits per heavy atom. The van der Waals surface area contributed by atoms with E-state index in [4.69, 9.17) is 15.2 Å². The molecule has 1 aliphatic heterocycles. The zero-order valence-electron chi connectivity index (χ0n) is 12.2. The van der Waals surface area contributed by atoms with Gasteiger partial charge >= 0.3 is 0 Å². The van der Waals surface area contributed by atoms with Crippen molar-refractivity contribution in [3.63, 3.8) is 0 Å². The van der Waals surface area contributed by atoms with Gasteiger partial charge in [-0.05, 0) is 30.5 Å². The van der Waals surface area contributed by atoms with Gasteiger partial charge in [-0.25, -0.2) is 0 Å². The van der Waals surface area contributed by atoms with E-state index in [2.05, 4.69) is 5.32 Å². The van der Waals surface area contributed by atoms with Gasteiger partial charge in [0.05, 0.1) is 12.1 Å². The fraction of sp³-hybridized carbons (Fsp3) is 0.533. The molecule has 0 saturated carbocycles. The SMILES string of the molecule is CCC(C)C(N)C(=O)NC(C)c1ccc2c(c1)OCO2. The standard InChI is InChI=1S/C15H22N2O3/c1-4-9(2)14(16)15(18)17-10(3)11-5-6-12-13(7-11)20-8-19-12/h5-7,9-10,14H,4,8,16H2,1-3H3,(H,17,18). The van der Waals surface area contributed by atoms with Crippen molar-refractivity contribution in [1.29, 1.82) is 0 Å². The molecule has 20 heavy (non-hydrogen) atoms. The number of nitrogens with two attached hydrogens (primary N) is 1. The lowest BCUT2D eigenvalue weighted by Crippen LogP contribution is -2.45. The minimum absolute atomic E-state index is 0.118. The molecule has 2 rings (SSSR count). The van der Waals surface area contributed by atoms with E-state index >= 15 is 0 Å². The van der Waals surface area contributed by atoms with Crippen LogP contribution in [0.5, 0.6) is 11.5 Å². The lowest BCUT2D eigenvalue weighted by Gasteiger charge is -2.21. The number of benzene rings is 1. The monoisotopic (exact) mass is 278 g/mol. The van der Waals surface area contributed by atoms with Gasteiger partial charge in [-0.15, -0.1) is 0 Å². The number of hydrogen-bond acceptors (Lipinski definition) is 4. The van der Waals surface area contributed by atoms with Crippen molar-refractivity contribution >= 4 is 5.91 Å². The normalized spacial score (nSPS) is 17.4. The second kappa shape index (κ2) is 6.13. The van der Waals surface area contributed by atoms with E-state index in [-0.39, 0.29) is 24.7 Å². The van der Waals surface area contributed by atoms with Crippen LogP contribution in [0.25, 0.3) is 0 Å². The first-order chi connectivity index (χ1) is 9.52. The van der Waals surface area contributed by atoms with Gasteiger partial charge in [0, 0.05) is 0 Å². The molecule has 0 aromatic heterocycles. The fourth-order valence-corrected chi connectivity index (χ4v) is 2.09. The van der Waals surface area contributed by atoms with Crippen molar-refractivity contribution in [2.24, 2.45) is 11.7 Å². The van der Waals surface area contributed by atoms with Crippen molar-refractivity contribution in [1.82, 2.24) is 5.32 Å². The summed E-state index contributed by atoms with van der Waals surface area (Å²) in [5.41, 5.74) is 6.90. The summed E-state index contributed by atoms with van der Waals surface area (Å²) >= 11 is 0. The molecule has 1 heterocycles. The predicted molar refractivity (Wildman–Crippen MR) is 76.6 cm³/mol. The maximum absolute atomic E-state index is 12.1. The van der Waals surface area contributed by atoms with Crippen molar-refractivity contribution in [3.8, 4) is 11.5 Å². The fourth-order valence-electron chi connectivity index (χ4n) is 2.09. The molecule has 3 atom stereocenters. The highest BCUT2D eigenvalue weighted by atomic mass is 16.7. The molecule has 0 spiro atoms. The van der Waals surface area contributed by atoms with Crippen LogP contribution in [0.4, 0.5) is 0 Å². The first-order valence-electron chi connectivity index (χ1n) is 6.98. The van der Waals surface area contributed by atoms with E-state index in [1.807, 2.05) is 39.0 Å².